The Morgan fingerprint density at radius 3 is 2.45 bits per heavy atom. The molecule has 0 bridgehead atoms. The highest BCUT2D eigenvalue weighted by atomic mass is 19.3. The molecule has 1 fully saturated rings. The summed E-state index contributed by atoms with van der Waals surface area (Å²) < 4.78 is 36.2. The van der Waals surface area contributed by atoms with E-state index in [4.69, 9.17) is 9.47 Å². The van der Waals surface area contributed by atoms with E-state index in [9.17, 15) is 18.9 Å². The van der Waals surface area contributed by atoms with Crippen LogP contribution in [-0.4, -0.2) is 36.8 Å². The smallest absolute Gasteiger partial charge is 0.311 e. The van der Waals surface area contributed by atoms with E-state index in [1.807, 2.05) is 13.8 Å². The lowest BCUT2D eigenvalue weighted by Gasteiger charge is -2.13. The van der Waals surface area contributed by atoms with E-state index in [2.05, 4.69) is 16.9 Å². The van der Waals surface area contributed by atoms with Gasteiger partial charge in [-0.3, -0.25) is 10.1 Å². The predicted octanol–water partition coefficient (Wildman–Crippen LogP) is 6.81. The lowest BCUT2D eigenvalue weighted by atomic mass is 10.1. The molecule has 0 radical (unpaired) electrons. The van der Waals surface area contributed by atoms with Gasteiger partial charge in [0.05, 0.1) is 23.3 Å². The van der Waals surface area contributed by atoms with Crippen molar-refractivity contribution >= 4 is 22.3 Å². The predicted molar refractivity (Wildman–Crippen MR) is 128 cm³/mol. The number of allylic oxidation sites excluding steroid dienone is 1. The van der Waals surface area contributed by atoms with E-state index in [0.717, 1.165) is 19.4 Å². The van der Waals surface area contributed by atoms with E-state index < -0.39 is 11.3 Å². The van der Waals surface area contributed by atoms with Gasteiger partial charge < -0.3 is 14.8 Å². The average molecular weight is 466 g/mol. The Morgan fingerprint density at radius 2 is 2.00 bits per heavy atom. The molecule has 0 spiro atoms. The number of alkyl halides is 2. The molecular weight excluding hydrogens is 432 g/mol. The Kier molecular flexibility index (Phi) is 12.6. The molecule has 0 unspecified atom stereocenters. The molecule has 9 heteroatoms. The maximum atomic E-state index is 13.0. The molecule has 1 saturated heterocycles. The number of pyridine rings is 1. The lowest BCUT2D eigenvalue weighted by molar-refractivity contribution is -0.384. The number of nitro groups is 1. The van der Waals surface area contributed by atoms with E-state index >= 15 is 0 Å². The summed E-state index contributed by atoms with van der Waals surface area (Å²) in [5, 5.41) is 14.5. The van der Waals surface area contributed by atoms with Gasteiger partial charge in [0.25, 0.3) is 6.43 Å². The first-order chi connectivity index (χ1) is 15.9. The van der Waals surface area contributed by atoms with E-state index in [1.54, 1.807) is 13.0 Å². The fraction of sp³-hybridized carbons (Fsp3) is 0.458. The largest absolute Gasteiger partial charge is 0.501 e. The summed E-state index contributed by atoms with van der Waals surface area (Å²) >= 11 is 0. The molecule has 0 aliphatic carbocycles. The molecule has 3 rings (SSSR count). The van der Waals surface area contributed by atoms with Gasteiger partial charge in [0.2, 0.25) is 0 Å². The maximum absolute atomic E-state index is 13.0. The van der Waals surface area contributed by atoms with Crippen molar-refractivity contribution in [3.63, 3.8) is 0 Å². The van der Waals surface area contributed by atoms with Crippen molar-refractivity contribution < 1.29 is 23.2 Å². The van der Waals surface area contributed by atoms with Crippen molar-refractivity contribution in [1.82, 2.24) is 4.98 Å². The Hall–Kier alpha value is -3.07. The van der Waals surface area contributed by atoms with Crippen LogP contribution in [0.2, 0.25) is 0 Å². The number of hydrogen-bond acceptors (Lipinski definition) is 6. The van der Waals surface area contributed by atoms with Gasteiger partial charge in [-0.25, -0.2) is 13.8 Å². The van der Waals surface area contributed by atoms with Crippen molar-refractivity contribution in [3.8, 4) is 0 Å². The van der Waals surface area contributed by atoms with Gasteiger partial charge in [0.15, 0.2) is 0 Å². The van der Waals surface area contributed by atoms with Crippen molar-refractivity contribution in [2.24, 2.45) is 0 Å². The van der Waals surface area contributed by atoms with Gasteiger partial charge in [0, 0.05) is 36.3 Å². The summed E-state index contributed by atoms with van der Waals surface area (Å²) in [6.45, 7) is 11.6. The highest BCUT2D eigenvalue weighted by Crippen LogP contribution is 2.34. The summed E-state index contributed by atoms with van der Waals surface area (Å²) in [5.41, 5.74) is 0.667. The van der Waals surface area contributed by atoms with Crippen LogP contribution < -0.4 is 5.32 Å². The van der Waals surface area contributed by atoms with Crippen LogP contribution in [0, 0.1) is 10.1 Å². The molecule has 182 valence electrons. The molecule has 33 heavy (non-hydrogen) atoms. The molecule has 2 heterocycles. The number of nitrogens with zero attached hydrogens (tertiary/aromatic N) is 2. The fourth-order valence-electron chi connectivity index (χ4n) is 3.00. The molecule has 7 nitrogen and oxygen atoms in total. The van der Waals surface area contributed by atoms with Gasteiger partial charge in [-0.15, -0.1) is 0 Å². The van der Waals surface area contributed by atoms with Crippen LogP contribution in [0.25, 0.3) is 10.9 Å². The monoisotopic (exact) mass is 465 g/mol. The van der Waals surface area contributed by atoms with Crippen LogP contribution in [0.15, 0.2) is 48.4 Å². The van der Waals surface area contributed by atoms with Crippen LogP contribution in [-0.2, 0) is 9.47 Å². The number of benzene rings is 1. The minimum absolute atomic E-state index is 0.126. The molecular formula is C24H33F2N3O4. The van der Waals surface area contributed by atoms with E-state index in [0.29, 0.717) is 16.8 Å². The summed E-state index contributed by atoms with van der Waals surface area (Å²) in [5.74, 6) is 0.594. The standard InChI is InChI=1S/C17H17F2N3O3.C5H10O.C2H6/c1-4-11(10(2)25-3)8-21-16-13-7-12(17(18)19)5-6-14(13)20-9-15(16)22(23)24;1-2-4-6-5-3-1;1-2/h4-7,9,17H,1,8H2,2-3H3,(H,20,21);1-5H2;1-2H3/b11-10-;;. The first-order valence-corrected chi connectivity index (χ1v) is 10.9. The molecule has 0 saturated carbocycles. The first-order valence-electron chi connectivity index (χ1n) is 10.9. The molecule has 1 aromatic carbocycles. The highest BCUT2D eigenvalue weighted by Gasteiger charge is 2.20. The minimum atomic E-state index is -2.68. The Morgan fingerprint density at radius 1 is 1.33 bits per heavy atom. The van der Waals surface area contributed by atoms with Crippen LogP contribution >= 0.6 is 0 Å². The quantitative estimate of drug-likeness (QED) is 0.209. The zero-order chi connectivity index (χ0) is 24.8. The second-order valence-electron chi connectivity index (χ2n) is 6.87. The molecule has 1 N–H and O–H groups in total. The van der Waals surface area contributed by atoms with Crippen molar-refractivity contribution in [3.05, 3.63) is 64.1 Å². The fourth-order valence-corrected chi connectivity index (χ4v) is 3.00. The van der Waals surface area contributed by atoms with Gasteiger partial charge in [-0.2, -0.15) is 0 Å². The third-order valence-corrected chi connectivity index (χ3v) is 4.86. The van der Waals surface area contributed by atoms with Gasteiger partial charge in [-0.1, -0.05) is 32.6 Å². The van der Waals surface area contributed by atoms with Crippen LogP contribution in [0.3, 0.4) is 0 Å². The summed E-state index contributed by atoms with van der Waals surface area (Å²) in [6.07, 6.45) is 3.91. The normalized spacial score (nSPS) is 13.7. The molecule has 1 aromatic heterocycles. The van der Waals surface area contributed by atoms with E-state index in [1.165, 1.54) is 44.6 Å². The Labute approximate surface area is 193 Å². The number of methoxy groups -OCH3 is 1. The Balaban J connectivity index is 0.000000578. The zero-order valence-corrected chi connectivity index (χ0v) is 19.7. The number of anilines is 1. The summed E-state index contributed by atoms with van der Waals surface area (Å²) in [6, 6.07) is 3.87. The van der Waals surface area contributed by atoms with Crippen LogP contribution in [0.4, 0.5) is 20.2 Å². The second kappa shape index (κ2) is 14.9. The number of ether oxygens (including phenoxy) is 2. The molecule has 1 aliphatic heterocycles. The average Bonchev–Trinajstić information content (AvgIpc) is 2.86. The number of rotatable bonds is 7. The van der Waals surface area contributed by atoms with Gasteiger partial charge in [0.1, 0.15) is 11.9 Å². The topological polar surface area (TPSA) is 86.5 Å². The zero-order valence-electron chi connectivity index (χ0n) is 19.7. The number of nitrogens with one attached hydrogen (secondary N) is 1. The van der Waals surface area contributed by atoms with Gasteiger partial charge >= 0.3 is 5.69 Å². The molecule has 0 atom stereocenters. The third kappa shape index (κ3) is 8.42. The number of aromatic nitrogens is 1. The lowest BCUT2D eigenvalue weighted by Crippen LogP contribution is -2.09. The van der Waals surface area contributed by atoms with Crippen molar-refractivity contribution in [1.29, 1.82) is 0 Å². The highest BCUT2D eigenvalue weighted by molar-refractivity contribution is 5.96. The number of fused-ring (bicyclic) bond motifs is 1. The van der Waals surface area contributed by atoms with E-state index in [-0.39, 0.29) is 28.9 Å². The van der Waals surface area contributed by atoms with Gasteiger partial charge in [-0.05, 0) is 38.3 Å². The Bertz CT molecular complexity index is 933. The summed E-state index contributed by atoms with van der Waals surface area (Å²) in [4.78, 5) is 14.7. The molecule has 1 aliphatic rings. The summed E-state index contributed by atoms with van der Waals surface area (Å²) in [7, 11) is 1.50. The van der Waals surface area contributed by atoms with Crippen molar-refractivity contribution in [2.45, 2.75) is 46.5 Å². The molecule has 0 amide bonds. The second-order valence-corrected chi connectivity index (χ2v) is 6.87. The molecule has 2 aromatic rings. The first kappa shape index (κ1) is 28.0. The minimum Gasteiger partial charge on any atom is -0.501 e. The van der Waals surface area contributed by atoms with Crippen LogP contribution in [0.1, 0.15) is 52.0 Å². The van der Waals surface area contributed by atoms with Crippen LogP contribution in [0.5, 0.6) is 0 Å². The number of halogens is 2. The third-order valence-electron chi connectivity index (χ3n) is 4.86. The van der Waals surface area contributed by atoms with Crippen molar-refractivity contribution in [2.75, 3.05) is 32.2 Å². The number of hydrogen-bond donors (Lipinski definition) is 1. The SMILES string of the molecule is C1CCOCC1.C=C/C(CNc1c([N+](=O)[O-])cnc2ccc(C(F)F)cc12)=C(\C)OC.CC. The maximum Gasteiger partial charge on any atom is 0.311 e.